The van der Waals surface area contributed by atoms with Gasteiger partial charge in [0.2, 0.25) is 11.8 Å². The summed E-state index contributed by atoms with van der Waals surface area (Å²) < 4.78 is -0.638. The van der Waals surface area contributed by atoms with Crippen LogP contribution in [0.4, 0.5) is 5.69 Å². The standard InChI is InChI=1S/C31H43N3O4S/c1-6-16-32(17-7-2)28(36)24-23-14-15-31(39-23)25(24)29(37)34(19-9-10-20-35)27(31)30(38)33(18-8-3)26-21(4)12-11-13-22(26)5/h6,8,11-13,23-25,27,35H,1,3,7,9-10,14-20H2,2,4-5H3/t23-,24+,25-,27?,31?/m0/s1. The Morgan fingerprint density at radius 1 is 1.15 bits per heavy atom. The van der Waals surface area contributed by atoms with Crippen LogP contribution in [0.2, 0.25) is 0 Å². The number of nitrogens with zero attached hydrogens (tertiary/aromatic N) is 3. The normalized spacial score (nSPS) is 27.0. The van der Waals surface area contributed by atoms with E-state index in [1.807, 2.05) is 43.9 Å². The molecule has 5 atom stereocenters. The van der Waals surface area contributed by atoms with Crippen LogP contribution >= 0.6 is 11.8 Å². The van der Waals surface area contributed by atoms with E-state index in [0.717, 1.165) is 36.1 Å². The Balaban J connectivity index is 1.78. The zero-order chi connectivity index (χ0) is 28.3. The van der Waals surface area contributed by atoms with E-state index in [-0.39, 0.29) is 29.6 Å². The third kappa shape index (κ3) is 5.06. The van der Waals surface area contributed by atoms with Crippen LogP contribution in [0.15, 0.2) is 43.5 Å². The molecule has 8 heteroatoms. The summed E-state index contributed by atoms with van der Waals surface area (Å²) >= 11 is 1.70. The lowest BCUT2D eigenvalue weighted by Gasteiger charge is -2.38. The lowest BCUT2D eigenvalue weighted by Crippen LogP contribution is -2.55. The van der Waals surface area contributed by atoms with Gasteiger partial charge in [0.1, 0.15) is 6.04 Å². The fraction of sp³-hybridized carbons (Fsp3) is 0.581. The number of aryl methyl sites for hydroxylation is 2. The number of unbranched alkanes of at least 4 members (excludes halogenated alkanes) is 1. The molecule has 3 aliphatic rings. The van der Waals surface area contributed by atoms with E-state index >= 15 is 0 Å². The van der Waals surface area contributed by atoms with Gasteiger partial charge in [-0.3, -0.25) is 14.4 Å². The molecule has 7 nitrogen and oxygen atoms in total. The van der Waals surface area contributed by atoms with Gasteiger partial charge in [-0.15, -0.1) is 24.9 Å². The summed E-state index contributed by atoms with van der Waals surface area (Å²) in [5.74, 6) is -1.15. The number of thioether (sulfide) groups is 1. The molecule has 2 bridgehead atoms. The average molecular weight is 554 g/mol. The molecule has 212 valence electrons. The van der Waals surface area contributed by atoms with Gasteiger partial charge >= 0.3 is 0 Å². The highest BCUT2D eigenvalue weighted by molar-refractivity contribution is 8.02. The minimum Gasteiger partial charge on any atom is -0.396 e. The Kier molecular flexibility index (Phi) is 9.27. The smallest absolute Gasteiger partial charge is 0.251 e. The highest BCUT2D eigenvalue weighted by atomic mass is 32.2. The topological polar surface area (TPSA) is 81.2 Å². The maximum atomic E-state index is 14.7. The van der Waals surface area contributed by atoms with Crippen LogP contribution < -0.4 is 4.90 Å². The molecule has 1 spiro atoms. The van der Waals surface area contributed by atoms with Gasteiger partial charge in [-0.05, 0) is 57.1 Å². The van der Waals surface area contributed by atoms with E-state index in [9.17, 15) is 19.5 Å². The van der Waals surface area contributed by atoms with Gasteiger partial charge in [-0.1, -0.05) is 37.3 Å². The Hall–Kier alpha value is -2.58. The molecule has 0 aromatic heterocycles. The largest absolute Gasteiger partial charge is 0.396 e. The Morgan fingerprint density at radius 2 is 1.85 bits per heavy atom. The second kappa shape index (κ2) is 12.3. The fourth-order valence-electron chi connectivity index (χ4n) is 7.08. The number of aliphatic hydroxyl groups is 1. The number of carbonyl (C=O) groups is 3. The van der Waals surface area contributed by atoms with Crippen molar-refractivity contribution in [1.29, 1.82) is 0 Å². The van der Waals surface area contributed by atoms with Crippen LogP contribution in [0, 0.1) is 25.7 Å². The van der Waals surface area contributed by atoms with E-state index < -0.39 is 22.6 Å². The first kappa shape index (κ1) is 29.4. The van der Waals surface area contributed by atoms with Gasteiger partial charge in [0.15, 0.2) is 0 Å². The third-order valence-corrected chi connectivity index (χ3v) is 10.5. The number of carbonyl (C=O) groups excluding carboxylic acids is 3. The van der Waals surface area contributed by atoms with Crippen LogP contribution in [-0.2, 0) is 14.4 Å². The molecule has 1 aromatic carbocycles. The molecule has 3 heterocycles. The number of hydrogen-bond donors (Lipinski definition) is 1. The van der Waals surface area contributed by atoms with Gasteiger partial charge in [-0.2, -0.15) is 0 Å². The number of anilines is 1. The van der Waals surface area contributed by atoms with Gasteiger partial charge in [0.25, 0.3) is 5.91 Å². The number of likely N-dealkylation sites (tertiary alicyclic amines) is 1. The first-order valence-electron chi connectivity index (χ1n) is 14.2. The lowest BCUT2D eigenvalue weighted by molar-refractivity contribution is -0.143. The predicted molar refractivity (Wildman–Crippen MR) is 158 cm³/mol. The van der Waals surface area contributed by atoms with Crippen molar-refractivity contribution in [2.45, 2.75) is 68.9 Å². The van der Waals surface area contributed by atoms with Crippen LogP contribution in [0.1, 0.15) is 50.2 Å². The number of aliphatic hydroxyl groups excluding tert-OH is 1. The second-order valence-electron chi connectivity index (χ2n) is 11.1. The number of para-hydroxylation sites is 1. The third-order valence-electron chi connectivity index (χ3n) is 8.57. The Bertz CT molecular complexity index is 1100. The monoisotopic (exact) mass is 553 g/mol. The van der Waals surface area contributed by atoms with Crippen LogP contribution in [0.25, 0.3) is 0 Å². The number of hydrogen-bond acceptors (Lipinski definition) is 5. The zero-order valence-corrected chi connectivity index (χ0v) is 24.4. The minimum absolute atomic E-state index is 0.00952. The molecule has 3 saturated heterocycles. The van der Waals surface area contributed by atoms with Crippen molar-refractivity contribution in [2.75, 3.05) is 37.7 Å². The second-order valence-corrected chi connectivity index (χ2v) is 12.7. The minimum atomic E-state index is -0.667. The van der Waals surface area contributed by atoms with Crippen molar-refractivity contribution < 1.29 is 19.5 Å². The number of amides is 3. The zero-order valence-electron chi connectivity index (χ0n) is 23.6. The first-order chi connectivity index (χ1) is 18.8. The molecule has 0 saturated carbocycles. The van der Waals surface area contributed by atoms with Gasteiger partial charge in [-0.25, -0.2) is 0 Å². The van der Waals surface area contributed by atoms with Gasteiger partial charge < -0.3 is 19.8 Å². The number of benzene rings is 1. The average Bonchev–Trinajstić information content (AvgIpc) is 3.55. The Morgan fingerprint density at radius 3 is 2.46 bits per heavy atom. The molecule has 0 aliphatic carbocycles. The molecule has 39 heavy (non-hydrogen) atoms. The molecular weight excluding hydrogens is 510 g/mol. The highest BCUT2D eigenvalue weighted by Crippen LogP contribution is 2.66. The molecule has 0 radical (unpaired) electrons. The van der Waals surface area contributed by atoms with E-state index in [1.165, 1.54) is 0 Å². The Labute approximate surface area is 237 Å². The molecule has 4 rings (SSSR count). The number of rotatable bonds is 13. The molecule has 2 unspecified atom stereocenters. The van der Waals surface area contributed by atoms with Crippen molar-refractivity contribution in [3.05, 3.63) is 54.6 Å². The molecular formula is C31H43N3O4S. The van der Waals surface area contributed by atoms with Crippen molar-refractivity contribution in [3.8, 4) is 0 Å². The summed E-state index contributed by atoms with van der Waals surface area (Å²) in [4.78, 5) is 48.2. The van der Waals surface area contributed by atoms with Crippen LogP contribution in [0.5, 0.6) is 0 Å². The SMILES string of the molecule is C=CCN(CCC)C(=O)[C@@H]1[C@@H]2CCC3(S2)C(C(=O)N(CC=C)c2c(C)cccc2C)N(CCCCO)C(=O)[C@H]13. The van der Waals surface area contributed by atoms with Crippen LogP contribution in [0.3, 0.4) is 0 Å². The van der Waals surface area contributed by atoms with Crippen molar-refractivity contribution in [3.63, 3.8) is 0 Å². The fourth-order valence-corrected chi connectivity index (χ4v) is 9.28. The van der Waals surface area contributed by atoms with Crippen molar-refractivity contribution in [2.24, 2.45) is 11.8 Å². The summed E-state index contributed by atoms with van der Waals surface area (Å²) in [6.07, 6.45) is 7.01. The van der Waals surface area contributed by atoms with Gasteiger partial charge in [0.05, 0.1) is 16.6 Å². The van der Waals surface area contributed by atoms with E-state index in [1.54, 1.807) is 33.7 Å². The quantitative estimate of drug-likeness (QED) is 0.294. The van der Waals surface area contributed by atoms with E-state index in [2.05, 4.69) is 13.2 Å². The predicted octanol–water partition coefficient (Wildman–Crippen LogP) is 4.11. The molecule has 1 N–H and O–H groups in total. The first-order valence-corrected chi connectivity index (χ1v) is 15.1. The molecule has 3 amide bonds. The maximum Gasteiger partial charge on any atom is 0.251 e. The van der Waals surface area contributed by atoms with Crippen LogP contribution in [-0.4, -0.2) is 81.5 Å². The summed E-state index contributed by atoms with van der Waals surface area (Å²) in [5, 5.41) is 9.47. The molecule has 3 aliphatic heterocycles. The number of fused-ring (bicyclic) bond motifs is 1. The lowest BCUT2D eigenvalue weighted by atomic mass is 9.70. The summed E-state index contributed by atoms with van der Waals surface area (Å²) in [5.41, 5.74) is 2.84. The van der Waals surface area contributed by atoms with E-state index in [4.69, 9.17) is 0 Å². The van der Waals surface area contributed by atoms with Crippen molar-refractivity contribution >= 4 is 35.2 Å². The summed E-state index contributed by atoms with van der Waals surface area (Å²) in [7, 11) is 0. The molecule has 3 fully saturated rings. The molecule has 1 aromatic rings. The maximum absolute atomic E-state index is 14.7. The van der Waals surface area contributed by atoms with Gasteiger partial charge in [0, 0.05) is 43.7 Å². The van der Waals surface area contributed by atoms with Crippen molar-refractivity contribution in [1.82, 2.24) is 9.80 Å². The van der Waals surface area contributed by atoms with E-state index in [0.29, 0.717) is 39.0 Å². The highest BCUT2D eigenvalue weighted by Gasteiger charge is 2.74. The summed E-state index contributed by atoms with van der Waals surface area (Å²) in [6.45, 7) is 15.6. The summed E-state index contributed by atoms with van der Waals surface area (Å²) in [6, 6.07) is 5.31.